The summed E-state index contributed by atoms with van der Waals surface area (Å²) in [5.41, 5.74) is 0.461. The van der Waals surface area contributed by atoms with Crippen LogP contribution in [0.4, 0.5) is 11.4 Å². The number of hydrogen-bond donors (Lipinski definition) is 0. The maximum Gasteiger partial charge on any atom is 0.271 e. The van der Waals surface area contributed by atoms with Crippen LogP contribution in [0.3, 0.4) is 0 Å². The number of hydrogen-bond acceptors (Lipinski definition) is 4. The van der Waals surface area contributed by atoms with Gasteiger partial charge in [0.15, 0.2) is 6.61 Å². The second-order valence-electron chi connectivity index (χ2n) is 4.10. The summed E-state index contributed by atoms with van der Waals surface area (Å²) < 4.78 is 5.27. The maximum absolute atomic E-state index is 11.8. The van der Waals surface area contributed by atoms with Gasteiger partial charge in [-0.25, -0.2) is 0 Å². The zero-order valence-corrected chi connectivity index (χ0v) is 10.1. The third-order valence-corrected chi connectivity index (χ3v) is 2.83. The summed E-state index contributed by atoms with van der Waals surface area (Å²) >= 11 is 0. The highest BCUT2D eigenvalue weighted by Crippen LogP contribution is 2.35. The van der Waals surface area contributed by atoms with E-state index in [0.29, 0.717) is 18.0 Å². The van der Waals surface area contributed by atoms with Gasteiger partial charge in [0.05, 0.1) is 10.6 Å². The number of unbranched alkanes of at least 4 members (excludes halogenated alkanes) is 1. The second kappa shape index (κ2) is 5.03. The molecule has 1 aromatic carbocycles. The van der Waals surface area contributed by atoms with Crippen LogP contribution in [0.15, 0.2) is 18.2 Å². The number of anilines is 1. The summed E-state index contributed by atoms with van der Waals surface area (Å²) in [6.07, 6.45) is 1.81. The van der Waals surface area contributed by atoms with Crippen molar-refractivity contribution in [1.82, 2.24) is 0 Å². The number of nitro benzene ring substituents is 1. The standard InChI is InChI=1S/C12H14N2O4/c1-2-3-6-13-10-7-9(14(16)17)4-5-11(10)18-8-12(13)15/h4-5,7H,2-3,6,8H2,1H3. The molecular weight excluding hydrogens is 236 g/mol. The van der Waals surface area contributed by atoms with E-state index in [4.69, 9.17) is 4.74 Å². The number of rotatable bonds is 4. The van der Waals surface area contributed by atoms with Crippen molar-refractivity contribution in [2.24, 2.45) is 0 Å². The Morgan fingerprint density at radius 1 is 1.50 bits per heavy atom. The largest absolute Gasteiger partial charge is 0.482 e. The number of amides is 1. The molecule has 0 N–H and O–H groups in total. The van der Waals surface area contributed by atoms with E-state index in [1.807, 2.05) is 6.92 Å². The van der Waals surface area contributed by atoms with Crippen molar-refractivity contribution in [3.63, 3.8) is 0 Å². The summed E-state index contributed by atoms with van der Waals surface area (Å²) in [7, 11) is 0. The third kappa shape index (κ3) is 2.27. The summed E-state index contributed by atoms with van der Waals surface area (Å²) in [6, 6.07) is 4.31. The topological polar surface area (TPSA) is 72.7 Å². The quantitative estimate of drug-likeness (QED) is 0.606. The lowest BCUT2D eigenvalue weighted by molar-refractivity contribution is -0.384. The first-order chi connectivity index (χ1) is 8.63. The summed E-state index contributed by atoms with van der Waals surface area (Å²) in [4.78, 5) is 23.6. The molecule has 6 heteroatoms. The van der Waals surface area contributed by atoms with Crippen molar-refractivity contribution in [3.8, 4) is 5.75 Å². The molecule has 96 valence electrons. The van der Waals surface area contributed by atoms with Gasteiger partial charge in [-0.05, 0) is 12.5 Å². The Balaban J connectivity index is 2.36. The molecule has 1 aliphatic rings. The summed E-state index contributed by atoms with van der Waals surface area (Å²) in [5.74, 6) is 0.368. The van der Waals surface area contributed by atoms with E-state index >= 15 is 0 Å². The average molecular weight is 250 g/mol. The Labute approximate surface area is 104 Å². The fourth-order valence-corrected chi connectivity index (χ4v) is 1.87. The van der Waals surface area contributed by atoms with Crippen molar-refractivity contribution in [2.75, 3.05) is 18.1 Å². The lowest BCUT2D eigenvalue weighted by Crippen LogP contribution is -2.39. The van der Waals surface area contributed by atoms with Gasteiger partial charge >= 0.3 is 0 Å². The fraction of sp³-hybridized carbons (Fsp3) is 0.417. The van der Waals surface area contributed by atoms with Crippen LogP contribution < -0.4 is 9.64 Å². The molecule has 0 aromatic heterocycles. The minimum atomic E-state index is -0.475. The minimum Gasteiger partial charge on any atom is -0.482 e. The first-order valence-corrected chi connectivity index (χ1v) is 5.85. The van der Waals surface area contributed by atoms with Crippen LogP contribution >= 0.6 is 0 Å². The minimum absolute atomic E-state index is 0.00543. The number of nitrogens with zero attached hydrogens (tertiary/aromatic N) is 2. The van der Waals surface area contributed by atoms with E-state index in [2.05, 4.69) is 0 Å². The number of nitro groups is 1. The van der Waals surface area contributed by atoms with Crippen LogP contribution in [0.2, 0.25) is 0 Å². The molecule has 18 heavy (non-hydrogen) atoms. The lowest BCUT2D eigenvalue weighted by Gasteiger charge is -2.29. The Morgan fingerprint density at radius 3 is 2.94 bits per heavy atom. The van der Waals surface area contributed by atoms with Crippen molar-refractivity contribution < 1.29 is 14.5 Å². The number of carbonyl (C=O) groups excluding carboxylic acids is 1. The molecule has 2 rings (SSSR count). The van der Waals surface area contributed by atoms with E-state index in [1.165, 1.54) is 12.1 Å². The monoisotopic (exact) mass is 250 g/mol. The first-order valence-electron chi connectivity index (χ1n) is 5.85. The lowest BCUT2D eigenvalue weighted by atomic mass is 10.2. The zero-order valence-electron chi connectivity index (χ0n) is 10.1. The number of fused-ring (bicyclic) bond motifs is 1. The summed E-state index contributed by atoms with van der Waals surface area (Å²) in [6.45, 7) is 2.58. The highest BCUT2D eigenvalue weighted by atomic mass is 16.6. The van der Waals surface area contributed by atoms with E-state index < -0.39 is 4.92 Å². The van der Waals surface area contributed by atoms with E-state index in [0.717, 1.165) is 12.8 Å². The molecule has 0 spiro atoms. The van der Waals surface area contributed by atoms with Gasteiger partial charge in [0.25, 0.3) is 11.6 Å². The number of ether oxygens (including phenoxy) is 1. The number of benzene rings is 1. The normalized spacial score (nSPS) is 14.1. The van der Waals surface area contributed by atoms with Crippen molar-refractivity contribution in [2.45, 2.75) is 19.8 Å². The average Bonchev–Trinajstić information content (AvgIpc) is 2.37. The smallest absolute Gasteiger partial charge is 0.271 e. The first kappa shape index (κ1) is 12.3. The number of non-ortho nitro benzene ring substituents is 1. The third-order valence-electron chi connectivity index (χ3n) is 2.83. The van der Waals surface area contributed by atoms with Crippen LogP contribution in [0, 0.1) is 10.1 Å². The van der Waals surface area contributed by atoms with Gasteiger partial charge in [-0.15, -0.1) is 0 Å². The van der Waals surface area contributed by atoms with Crippen LogP contribution in [0.1, 0.15) is 19.8 Å². The van der Waals surface area contributed by atoms with Crippen LogP contribution in [0.5, 0.6) is 5.75 Å². The van der Waals surface area contributed by atoms with Gasteiger partial charge in [0.1, 0.15) is 5.75 Å². The van der Waals surface area contributed by atoms with Crippen LogP contribution in [-0.4, -0.2) is 24.0 Å². The summed E-state index contributed by atoms with van der Waals surface area (Å²) in [5, 5.41) is 10.8. The predicted molar refractivity (Wildman–Crippen MR) is 65.9 cm³/mol. The molecule has 0 bridgehead atoms. The van der Waals surface area contributed by atoms with Crippen LogP contribution in [-0.2, 0) is 4.79 Å². The molecule has 0 aliphatic carbocycles. The zero-order chi connectivity index (χ0) is 13.1. The van der Waals surface area contributed by atoms with Gasteiger partial charge in [-0.2, -0.15) is 0 Å². The van der Waals surface area contributed by atoms with Gasteiger partial charge in [-0.3, -0.25) is 14.9 Å². The molecule has 1 aliphatic heterocycles. The van der Waals surface area contributed by atoms with Crippen LogP contribution in [0.25, 0.3) is 0 Å². The second-order valence-corrected chi connectivity index (χ2v) is 4.10. The molecule has 0 radical (unpaired) electrons. The van der Waals surface area contributed by atoms with Crippen molar-refractivity contribution in [3.05, 3.63) is 28.3 Å². The Morgan fingerprint density at radius 2 is 2.28 bits per heavy atom. The molecule has 0 saturated heterocycles. The fourth-order valence-electron chi connectivity index (χ4n) is 1.87. The molecule has 1 heterocycles. The Bertz CT molecular complexity index is 487. The molecule has 0 fully saturated rings. The Hall–Kier alpha value is -2.11. The molecule has 6 nitrogen and oxygen atoms in total. The predicted octanol–water partition coefficient (Wildman–Crippen LogP) is 2.12. The molecule has 0 unspecified atom stereocenters. The van der Waals surface area contributed by atoms with E-state index in [9.17, 15) is 14.9 Å². The van der Waals surface area contributed by atoms with Gasteiger partial charge < -0.3 is 9.64 Å². The van der Waals surface area contributed by atoms with E-state index in [-0.39, 0.29) is 18.2 Å². The van der Waals surface area contributed by atoms with Gasteiger partial charge in [0, 0.05) is 18.7 Å². The Kier molecular flexibility index (Phi) is 3.45. The molecule has 1 aromatic rings. The maximum atomic E-state index is 11.8. The molecule has 1 amide bonds. The van der Waals surface area contributed by atoms with Gasteiger partial charge in [0.2, 0.25) is 0 Å². The van der Waals surface area contributed by atoms with Crippen molar-refractivity contribution >= 4 is 17.3 Å². The van der Waals surface area contributed by atoms with E-state index in [1.54, 1.807) is 11.0 Å². The molecule has 0 atom stereocenters. The highest BCUT2D eigenvalue weighted by molar-refractivity contribution is 5.98. The highest BCUT2D eigenvalue weighted by Gasteiger charge is 2.26. The van der Waals surface area contributed by atoms with Gasteiger partial charge in [-0.1, -0.05) is 13.3 Å². The number of carbonyl (C=O) groups is 1. The molecular formula is C12H14N2O4. The molecule has 0 saturated carbocycles. The SMILES string of the molecule is CCCCN1C(=O)COc2ccc([N+](=O)[O-])cc21. The van der Waals surface area contributed by atoms with Crippen molar-refractivity contribution in [1.29, 1.82) is 0 Å².